The van der Waals surface area contributed by atoms with Crippen molar-refractivity contribution in [2.75, 3.05) is 5.32 Å². The molecule has 0 bridgehead atoms. The zero-order chi connectivity index (χ0) is 20.8. The van der Waals surface area contributed by atoms with E-state index in [0.29, 0.717) is 23.7 Å². The van der Waals surface area contributed by atoms with Crippen molar-refractivity contribution in [3.8, 4) is 5.88 Å². The molecule has 0 aromatic carbocycles. The number of hydrogen-bond acceptors (Lipinski definition) is 7. The Labute approximate surface area is 166 Å². The van der Waals surface area contributed by atoms with E-state index in [1.54, 1.807) is 12.1 Å². The molecule has 3 aromatic heterocycles. The fourth-order valence-electron chi connectivity index (χ4n) is 3.04. The molecule has 10 heteroatoms. The standard InChI is InChI=1S/C19H23N7O3/c1-19(2,3)10-25-14-8-13(22-12-6-7-20-21-9-12)24-26(14)18(29)15(17(25)28)16(27)23-11-4-5-11/h6-9,11,29H,4-5,10H2,1-3H3,(H,23,27)(H,20,22,24). The highest BCUT2D eigenvalue weighted by molar-refractivity contribution is 5.96. The first-order valence-electron chi connectivity index (χ1n) is 9.43. The molecule has 1 aliphatic rings. The van der Waals surface area contributed by atoms with Crippen LogP contribution < -0.4 is 16.2 Å². The van der Waals surface area contributed by atoms with Crippen LogP contribution in [-0.4, -0.2) is 41.4 Å². The Morgan fingerprint density at radius 3 is 2.69 bits per heavy atom. The van der Waals surface area contributed by atoms with E-state index in [2.05, 4.69) is 25.9 Å². The van der Waals surface area contributed by atoms with E-state index in [0.717, 1.165) is 12.8 Å². The predicted octanol–water partition coefficient (Wildman–Crippen LogP) is 1.67. The molecule has 3 heterocycles. The molecule has 0 radical (unpaired) electrons. The maximum Gasteiger partial charge on any atom is 0.270 e. The lowest BCUT2D eigenvalue weighted by Gasteiger charge is -2.21. The average Bonchev–Trinajstić information content (AvgIpc) is 3.35. The number of anilines is 2. The van der Waals surface area contributed by atoms with Gasteiger partial charge >= 0.3 is 0 Å². The van der Waals surface area contributed by atoms with Gasteiger partial charge in [0, 0.05) is 18.7 Å². The summed E-state index contributed by atoms with van der Waals surface area (Å²) >= 11 is 0. The third-order valence-electron chi connectivity index (χ3n) is 4.48. The SMILES string of the molecule is CC(C)(C)Cn1c(=O)c(C(=O)NC2CC2)c(O)n2nc(Nc3ccnnc3)cc12. The van der Waals surface area contributed by atoms with Crippen molar-refractivity contribution in [2.24, 2.45) is 5.41 Å². The highest BCUT2D eigenvalue weighted by Crippen LogP contribution is 2.25. The Bertz CT molecular complexity index is 1120. The first-order valence-corrected chi connectivity index (χ1v) is 9.43. The molecule has 29 heavy (non-hydrogen) atoms. The van der Waals surface area contributed by atoms with E-state index in [4.69, 9.17) is 0 Å². The van der Waals surface area contributed by atoms with E-state index in [-0.39, 0.29) is 17.0 Å². The number of carbonyl (C=O) groups is 1. The Hall–Kier alpha value is -3.43. The molecular weight excluding hydrogens is 374 g/mol. The highest BCUT2D eigenvalue weighted by atomic mass is 16.3. The normalized spacial score (nSPS) is 14.2. The second kappa shape index (κ2) is 6.87. The Morgan fingerprint density at radius 2 is 2.07 bits per heavy atom. The molecule has 1 amide bonds. The fourth-order valence-corrected chi connectivity index (χ4v) is 3.04. The van der Waals surface area contributed by atoms with Crippen molar-refractivity contribution < 1.29 is 9.90 Å². The van der Waals surface area contributed by atoms with Crippen LogP contribution in [0, 0.1) is 5.41 Å². The minimum Gasteiger partial charge on any atom is -0.492 e. The summed E-state index contributed by atoms with van der Waals surface area (Å²) in [5.74, 6) is -0.660. The summed E-state index contributed by atoms with van der Waals surface area (Å²) in [4.78, 5) is 25.8. The number of fused-ring (bicyclic) bond motifs is 1. The third-order valence-corrected chi connectivity index (χ3v) is 4.48. The minimum absolute atomic E-state index is 0.0575. The number of nitrogens with one attached hydrogen (secondary N) is 2. The number of carbonyl (C=O) groups excluding carboxylic acids is 1. The predicted molar refractivity (Wildman–Crippen MR) is 106 cm³/mol. The van der Waals surface area contributed by atoms with Crippen molar-refractivity contribution in [1.29, 1.82) is 0 Å². The van der Waals surface area contributed by atoms with Gasteiger partial charge in [0.05, 0.1) is 18.1 Å². The Balaban J connectivity index is 1.85. The lowest BCUT2D eigenvalue weighted by atomic mass is 9.97. The molecule has 0 unspecified atom stereocenters. The summed E-state index contributed by atoms with van der Waals surface area (Å²) in [6.45, 7) is 6.32. The van der Waals surface area contributed by atoms with Crippen molar-refractivity contribution in [2.45, 2.75) is 46.2 Å². The van der Waals surface area contributed by atoms with Gasteiger partial charge in [-0.25, -0.2) is 0 Å². The van der Waals surface area contributed by atoms with Crippen molar-refractivity contribution in [3.05, 3.63) is 40.4 Å². The smallest absolute Gasteiger partial charge is 0.270 e. The molecule has 1 aliphatic carbocycles. The van der Waals surface area contributed by atoms with Gasteiger partial charge in [-0.2, -0.15) is 14.7 Å². The lowest BCUT2D eigenvalue weighted by Crippen LogP contribution is -2.37. The van der Waals surface area contributed by atoms with E-state index < -0.39 is 17.3 Å². The topological polar surface area (TPSA) is 126 Å². The number of nitrogens with zero attached hydrogens (tertiary/aromatic N) is 5. The van der Waals surface area contributed by atoms with Gasteiger partial charge in [-0.1, -0.05) is 20.8 Å². The van der Waals surface area contributed by atoms with Crippen LogP contribution in [0.3, 0.4) is 0 Å². The Morgan fingerprint density at radius 1 is 1.31 bits per heavy atom. The van der Waals surface area contributed by atoms with Gasteiger partial charge in [0.1, 0.15) is 5.65 Å². The molecule has 0 aliphatic heterocycles. The summed E-state index contributed by atoms with van der Waals surface area (Å²) in [7, 11) is 0. The van der Waals surface area contributed by atoms with E-state index >= 15 is 0 Å². The maximum atomic E-state index is 13.2. The number of hydrogen-bond donors (Lipinski definition) is 3. The van der Waals surface area contributed by atoms with E-state index in [9.17, 15) is 14.7 Å². The number of aromatic nitrogens is 5. The van der Waals surface area contributed by atoms with Gasteiger partial charge in [0.15, 0.2) is 11.4 Å². The first kappa shape index (κ1) is 18.9. The second-order valence-electron chi connectivity index (χ2n) is 8.45. The van der Waals surface area contributed by atoms with Crippen LogP contribution in [0.15, 0.2) is 29.3 Å². The second-order valence-corrected chi connectivity index (χ2v) is 8.45. The highest BCUT2D eigenvalue weighted by Gasteiger charge is 2.30. The number of rotatable bonds is 5. The largest absolute Gasteiger partial charge is 0.492 e. The fraction of sp³-hybridized carbons (Fsp3) is 0.421. The molecule has 3 aromatic rings. The molecule has 1 saturated carbocycles. The minimum atomic E-state index is -0.581. The van der Waals surface area contributed by atoms with Gasteiger partial charge in [-0.3, -0.25) is 14.2 Å². The molecule has 3 N–H and O–H groups in total. The molecular formula is C19H23N7O3. The van der Waals surface area contributed by atoms with Crippen LogP contribution in [-0.2, 0) is 6.54 Å². The molecule has 1 fully saturated rings. The molecule has 4 rings (SSSR count). The molecule has 0 atom stereocenters. The molecule has 10 nitrogen and oxygen atoms in total. The molecule has 0 saturated heterocycles. The average molecular weight is 397 g/mol. The van der Waals surface area contributed by atoms with Gasteiger partial charge in [-0.15, -0.1) is 5.10 Å². The quantitative estimate of drug-likeness (QED) is 0.598. The van der Waals surface area contributed by atoms with Crippen LogP contribution in [0.2, 0.25) is 0 Å². The van der Waals surface area contributed by atoms with Crippen LogP contribution >= 0.6 is 0 Å². The van der Waals surface area contributed by atoms with Gasteiger partial charge in [0.2, 0.25) is 5.88 Å². The van der Waals surface area contributed by atoms with Crippen LogP contribution in [0.4, 0.5) is 11.5 Å². The van der Waals surface area contributed by atoms with Gasteiger partial charge < -0.3 is 15.7 Å². The van der Waals surface area contributed by atoms with Gasteiger partial charge in [-0.05, 0) is 24.3 Å². The molecule has 0 spiro atoms. The summed E-state index contributed by atoms with van der Waals surface area (Å²) in [5.41, 5.74) is -0.0403. The lowest BCUT2D eigenvalue weighted by molar-refractivity contribution is 0.0944. The van der Waals surface area contributed by atoms with Crippen molar-refractivity contribution in [3.63, 3.8) is 0 Å². The van der Waals surface area contributed by atoms with E-state index in [1.807, 2.05) is 20.8 Å². The van der Waals surface area contributed by atoms with Crippen molar-refractivity contribution >= 4 is 23.1 Å². The van der Waals surface area contributed by atoms with Crippen LogP contribution in [0.1, 0.15) is 44.0 Å². The summed E-state index contributed by atoms with van der Waals surface area (Å²) in [6, 6.07) is 3.42. The third kappa shape index (κ3) is 3.91. The Kier molecular flexibility index (Phi) is 4.48. The maximum absolute atomic E-state index is 13.2. The summed E-state index contributed by atoms with van der Waals surface area (Å²) in [5, 5.41) is 28.4. The van der Waals surface area contributed by atoms with Crippen LogP contribution in [0.5, 0.6) is 5.88 Å². The van der Waals surface area contributed by atoms with Crippen molar-refractivity contribution in [1.82, 2.24) is 29.7 Å². The van der Waals surface area contributed by atoms with E-state index in [1.165, 1.54) is 21.5 Å². The number of amides is 1. The number of aromatic hydroxyl groups is 1. The van der Waals surface area contributed by atoms with Gasteiger partial charge in [0.25, 0.3) is 11.5 Å². The summed E-state index contributed by atoms with van der Waals surface area (Å²) < 4.78 is 2.69. The molecule has 152 valence electrons. The zero-order valence-corrected chi connectivity index (χ0v) is 16.5. The van der Waals surface area contributed by atoms with Crippen LogP contribution in [0.25, 0.3) is 5.65 Å². The zero-order valence-electron chi connectivity index (χ0n) is 16.5. The monoisotopic (exact) mass is 397 g/mol. The summed E-state index contributed by atoms with van der Waals surface area (Å²) in [6.07, 6.45) is 4.81. The first-order chi connectivity index (χ1) is 13.7.